The van der Waals surface area contributed by atoms with Gasteiger partial charge in [0.15, 0.2) is 0 Å². The lowest BCUT2D eigenvalue weighted by atomic mass is 10.1. The van der Waals surface area contributed by atoms with Crippen molar-refractivity contribution in [2.24, 2.45) is 0 Å². The Labute approximate surface area is 125 Å². The van der Waals surface area contributed by atoms with E-state index in [0.29, 0.717) is 12.1 Å². The van der Waals surface area contributed by atoms with Crippen LogP contribution in [0, 0.1) is 18.3 Å². The van der Waals surface area contributed by atoms with Crippen molar-refractivity contribution in [3.05, 3.63) is 65.2 Å². The van der Waals surface area contributed by atoms with Gasteiger partial charge >= 0.3 is 0 Å². The summed E-state index contributed by atoms with van der Waals surface area (Å²) in [5.41, 5.74) is 2.46. The first-order valence-electron chi connectivity index (χ1n) is 6.46. The molecule has 21 heavy (non-hydrogen) atoms. The Morgan fingerprint density at radius 3 is 2.29 bits per heavy atom. The molecule has 0 aliphatic rings. The third kappa shape index (κ3) is 3.30. The number of nitriles is 1. The van der Waals surface area contributed by atoms with Gasteiger partial charge in [-0.3, -0.25) is 0 Å². The zero-order chi connectivity index (χ0) is 15.5. The largest absolute Gasteiger partial charge is 0.243 e. The van der Waals surface area contributed by atoms with Crippen LogP contribution in [0.2, 0.25) is 0 Å². The maximum atomic E-state index is 12.5. The fourth-order valence-electron chi connectivity index (χ4n) is 1.99. The first kappa shape index (κ1) is 15.2. The molecule has 0 bridgehead atoms. The average Bonchev–Trinajstić information content (AvgIpc) is 2.49. The Hall–Kier alpha value is -2.16. The number of rotatable bonds is 4. The Morgan fingerprint density at radius 1 is 1.10 bits per heavy atom. The SMILES string of the molecule is Cc1ccccc1CN(C)S(=O)(=O)c1ccc(C#N)cc1. The lowest BCUT2D eigenvalue weighted by Gasteiger charge is -2.18. The molecule has 0 aliphatic carbocycles. The number of sulfonamides is 1. The van der Waals surface area contributed by atoms with Gasteiger partial charge in [0.05, 0.1) is 16.5 Å². The lowest BCUT2D eigenvalue weighted by molar-refractivity contribution is 0.466. The summed E-state index contributed by atoms with van der Waals surface area (Å²) in [5.74, 6) is 0. The van der Waals surface area contributed by atoms with Gasteiger partial charge in [-0.15, -0.1) is 0 Å². The summed E-state index contributed by atoms with van der Waals surface area (Å²) in [6, 6.07) is 15.6. The van der Waals surface area contributed by atoms with Crippen molar-refractivity contribution < 1.29 is 8.42 Å². The first-order valence-corrected chi connectivity index (χ1v) is 7.90. The maximum Gasteiger partial charge on any atom is 0.243 e. The van der Waals surface area contributed by atoms with E-state index in [9.17, 15) is 8.42 Å². The molecule has 108 valence electrons. The van der Waals surface area contributed by atoms with Gasteiger partial charge in [0.1, 0.15) is 0 Å². The highest BCUT2D eigenvalue weighted by Gasteiger charge is 2.21. The molecule has 0 saturated heterocycles. The Balaban J connectivity index is 2.26. The van der Waals surface area contributed by atoms with Crippen LogP contribution in [-0.2, 0) is 16.6 Å². The van der Waals surface area contributed by atoms with E-state index in [1.54, 1.807) is 7.05 Å². The van der Waals surface area contributed by atoms with Gasteiger partial charge in [0, 0.05) is 13.6 Å². The standard InChI is InChI=1S/C16H16N2O2S/c1-13-5-3-4-6-15(13)12-18(2)21(19,20)16-9-7-14(11-17)8-10-16/h3-10H,12H2,1-2H3. The molecular weight excluding hydrogens is 284 g/mol. The second kappa shape index (κ2) is 6.08. The molecule has 2 aromatic carbocycles. The number of benzene rings is 2. The zero-order valence-corrected chi connectivity index (χ0v) is 12.8. The molecule has 0 heterocycles. The summed E-state index contributed by atoms with van der Waals surface area (Å²) < 4.78 is 26.3. The zero-order valence-electron chi connectivity index (χ0n) is 11.9. The molecule has 0 saturated carbocycles. The van der Waals surface area contributed by atoms with Crippen molar-refractivity contribution in [1.29, 1.82) is 5.26 Å². The van der Waals surface area contributed by atoms with Crippen LogP contribution in [0.5, 0.6) is 0 Å². The van der Waals surface area contributed by atoms with Crippen LogP contribution >= 0.6 is 0 Å². The average molecular weight is 300 g/mol. The van der Waals surface area contributed by atoms with E-state index >= 15 is 0 Å². The van der Waals surface area contributed by atoms with Crippen molar-refractivity contribution in [2.75, 3.05) is 7.05 Å². The molecule has 4 nitrogen and oxygen atoms in total. The summed E-state index contributed by atoms with van der Waals surface area (Å²) in [6.45, 7) is 2.27. The molecule has 0 spiro atoms. The monoisotopic (exact) mass is 300 g/mol. The van der Waals surface area contributed by atoms with E-state index in [4.69, 9.17) is 5.26 Å². The molecule has 0 aliphatic heterocycles. The number of hydrogen-bond acceptors (Lipinski definition) is 3. The van der Waals surface area contributed by atoms with Crippen LogP contribution in [0.25, 0.3) is 0 Å². The van der Waals surface area contributed by atoms with Gasteiger partial charge in [0.25, 0.3) is 0 Å². The lowest BCUT2D eigenvalue weighted by Crippen LogP contribution is -2.26. The van der Waals surface area contributed by atoms with Crippen LogP contribution in [0.4, 0.5) is 0 Å². The first-order chi connectivity index (χ1) is 9.95. The van der Waals surface area contributed by atoms with E-state index in [0.717, 1.165) is 11.1 Å². The van der Waals surface area contributed by atoms with Crippen LogP contribution in [0.3, 0.4) is 0 Å². The maximum absolute atomic E-state index is 12.5. The number of hydrogen-bond donors (Lipinski definition) is 0. The molecule has 0 unspecified atom stereocenters. The Bertz CT molecular complexity index is 775. The van der Waals surface area contributed by atoms with Crippen LogP contribution < -0.4 is 0 Å². The van der Waals surface area contributed by atoms with E-state index in [2.05, 4.69) is 0 Å². The second-order valence-electron chi connectivity index (χ2n) is 4.82. The van der Waals surface area contributed by atoms with Crippen LogP contribution in [0.1, 0.15) is 16.7 Å². The summed E-state index contributed by atoms with van der Waals surface area (Å²) >= 11 is 0. The van der Waals surface area contributed by atoms with Crippen molar-refractivity contribution in [2.45, 2.75) is 18.4 Å². The van der Waals surface area contributed by atoms with Gasteiger partial charge in [-0.25, -0.2) is 8.42 Å². The summed E-state index contributed by atoms with van der Waals surface area (Å²) in [6.07, 6.45) is 0. The summed E-state index contributed by atoms with van der Waals surface area (Å²) in [4.78, 5) is 0.192. The number of nitrogens with zero attached hydrogens (tertiary/aromatic N) is 2. The van der Waals surface area contributed by atoms with Gasteiger partial charge in [0.2, 0.25) is 10.0 Å². The molecule has 0 amide bonds. The van der Waals surface area contributed by atoms with E-state index in [1.165, 1.54) is 28.6 Å². The molecule has 2 rings (SSSR count). The van der Waals surface area contributed by atoms with Gasteiger partial charge in [-0.2, -0.15) is 9.57 Å². The molecule has 0 aromatic heterocycles. The minimum absolute atomic E-state index is 0.192. The fourth-order valence-corrected chi connectivity index (χ4v) is 3.14. The smallest absolute Gasteiger partial charge is 0.207 e. The Kier molecular flexibility index (Phi) is 4.41. The van der Waals surface area contributed by atoms with Crippen molar-refractivity contribution >= 4 is 10.0 Å². The molecule has 5 heteroatoms. The molecule has 0 radical (unpaired) electrons. The summed E-state index contributed by atoms with van der Waals surface area (Å²) in [5, 5.41) is 8.76. The number of aryl methyl sites for hydroxylation is 1. The predicted molar refractivity (Wildman–Crippen MR) is 81.0 cm³/mol. The van der Waals surface area contributed by atoms with E-state index in [-0.39, 0.29) is 4.90 Å². The van der Waals surface area contributed by atoms with Crippen LogP contribution in [-0.4, -0.2) is 19.8 Å². The van der Waals surface area contributed by atoms with Gasteiger partial charge < -0.3 is 0 Å². The highest BCUT2D eigenvalue weighted by Crippen LogP contribution is 2.18. The van der Waals surface area contributed by atoms with Crippen molar-refractivity contribution in [3.8, 4) is 6.07 Å². The predicted octanol–water partition coefficient (Wildman–Crippen LogP) is 2.69. The molecule has 0 fully saturated rings. The summed E-state index contributed by atoms with van der Waals surface area (Å²) in [7, 11) is -2.00. The molecule has 2 aromatic rings. The highest BCUT2D eigenvalue weighted by molar-refractivity contribution is 7.89. The second-order valence-corrected chi connectivity index (χ2v) is 6.87. The third-order valence-electron chi connectivity index (χ3n) is 3.35. The quantitative estimate of drug-likeness (QED) is 0.872. The van der Waals surface area contributed by atoms with Crippen LogP contribution in [0.15, 0.2) is 53.4 Å². The van der Waals surface area contributed by atoms with E-state index in [1.807, 2.05) is 37.3 Å². The molecule has 0 atom stereocenters. The minimum Gasteiger partial charge on any atom is -0.207 e. The molecular formula is C16H16N2O2S. The minimum atomic E-state index is -3.55. The van der Waals surface area contributed by atoms with Gasteiger partial charge in [-0.1, -0.05) is 24.3 Å². The normalized spacial score (nSPS) is 11.3. The third-order valence-corrected chi connectivity index (χ3v) is 5.16. The highest BCUT2D eigenvalue weighted by atomic mass is 32.2. The van der Waals surface area contributed by atoms with Gasteiger partial charge in [-0.05, 0) is 42.3 Å². The topological polar surface area (TPSA) is 61.2 Å². The van der Waals surface area contributed by atoms with E-state index < -0.39 is 10.0 Å². The van der Waals surface area contributed by atoms with Crippen molar-refractivity contribution in [3.63, 3.8) is 0 Å². The Morgan fingerprint density at radius 2 is 1.71 bits per heavy atom. The van der Waals surface area contributed by atoms with Crippen molar-refractivity contribution in [1.82, 2.24) is 4.31 Å². The fraction of sp³-hybridized carbons (Fsp3) is 0.188. The molecule has 0 N–H and O–H groups in total.